The number of Topliss-reactive ketones (excluding diaryl/α,β-unsaturated/α-hetero) is 1. The van der Waals surface area contributed by atoms with E-state index in [9.17, 15) is 14.4 Å². The Morgan fingerprint density at radius 2 is 1.83 bits per heavy atom. The Morgan fingerprint density at radius 1 is 1.14 bits per heavy atom. The van der Waals surface area contributed by atoms with Crippen molar-refractivity contribution in [1.29, 1.82) is 0 Å². The maximum absolute atomic E-state index is 12.8. The molecule has 0 aliphatic rings. The van der Waals surface area contributed by atoms with Crippen LogP contribution in [0.2, 0.25) is 0 Å². The van der Waals surface area contributed by atoms with Crippen LogP contribution in [-0.2, 0) is 20.1 Å². The molecule has 0 amide bonds. The largest absolute Gasteiger partial charge is 0.496 e. The molecule has 1 aromatic carbocycles. The number of hydrogen-bond acceptors (Lipinski definition) is 5. The number of benzene rings is 1. The Morgan fingerprint density at radius 3 is 2.41 bits per heavy atom. The smallest absolute Gasteiger partial charge is 0.332 e. The predicted octanol–water partition coefficient (Wildman–Crippen LogP) is 2.32. The average Bonchev–Trinajstić information content (AvgIpc) is 3.03. The Bertz CT molecular complexity index is 1240. The van der Waals surface area contributed by atoms with Crippen molar-refractivity contribution in [2.24, 2.45) is 7.05 Å². The molecule has 0 aliphatic heterocycles. The predicted molar refractivity (Wildman–Crippen MR) is 113 cm³/mol. The Labute approximate surface area is 167 Å². The molecular weight excluding hydrogens is 372 g/mol. The van der Waals surface area contributed by atoms with Gasteiger partial charge in [0.2, 0.25) is 0 Å². The third-order valence-corrected chi connectivity index (χ3v) is 4.94. The lowest BCUT2D eigenvalue weighted by Crippen LogP contribution is -2.39. The molecule has 0 saturated carbocycles. The molecule has 0 fully saturated rings. The van der Waals surface area contributed by atoms with Crippen LogP contribution in [0.25, 0.3) is 23.3 Å². The van der Waals surface area contributed by atoms with E-state index in [0.29, 0.717) is 41.4 Å². The van der Waals surface area contributed by atoms with Crippen LogP contribution in [0.15, 0.2) is 27.8 Å². The van der Waals surface area contributed by atoms with Crippen LogP contribution in [-0.4, -0.2) is 31.6 Å². The lowest BCUT2D eigenvalue weighted by Gasteiger charge is -2.08. The van der Waals surface area contributed by atoms with Crippen LogP contribution in [0.1, 0.15) is 42.5 Å². The Kier molecular flexibility index (Phi) is 5.54. The molecule has 0 N–H and O–H groups in total. The molecule has 0 radical (unpaired) electrons. The van der Waals surface area contributed by atoms with Gasteiger partial charge in [-0.25, -0.2) is 9.78 Å². The summed E-state index contributed by atoms with van der Waals surface area (Å²) in [4.78, 5) is 41.5. The molecule has 0 bridgehead atoms. The standard InChI is InChI=1S/C21H24N4O4/c1-6-24-19-18(20(27)25(7-2)21(24)28)23(4)17(22-19)11-9-14-8-10-15(13(3)26)16(12-14)29-5/h8-12H,6-7H2,1-5H3. The maximum Gasteiger partial charge on any atom is 0.332 e. The monoisotopic (exact) mass is 396 g/mol. The second-order valence-corrected chi connectivity index (χ2v) is 6.63. The van der Waals surface area contributed by atoms with E-state index in [1.807, 2.05) is 19.1 Å². The van der Waals surface area contributed by atoms with Gasteiger partial charge in [-0.05, 0) is 44.5 Å². The number of ether oxygens (including phenoxy) is 1. The van der Waals surface area contributed by atoms with Crippen molar-refractivity contribution in [3.8, 4) is 5.75 Å². The number of imidazole rings is 1. The minimum atomic E-state index is -0.356. The number of carbonyl (C=O) groups is 1. The van der Waals surface area contributed by atoms with Gasteiger partial charge in [0.15, 0.2) is 16.9 Å². The van der Waals surface area contributed by atoms with E-state index in [4.69, 9.17) is 4.74 Å². The topological polar surface area (TPSA) is 88.1 Å². The summed E-state index contributed by atoms with van der Waals surface area (Å²) >= 11 is 0. The zero-order valence-electron chi connectivity index (χ0n) is 17.2. The van der Waals surface area contributed by atoms with Gasteiger partial charge < -0.3 is 9.30 Å². The van der Waals surface area contributed by atoms with Gasteiger partial charge >= 0.3 is 5.69 Å². The van der Waals surface area contributed by atoms with Crippen molar-refractivity contribution >= 4 is 29.1 Å². The number of fused-ring (bicyclic) bond motifs is 1. The Hall–Kier alpha value is -3.42. The fraction of sp³-hybridized carbons (Fsp3) is 0.333. The zero-order valence-corrected chi connectivity index (χ0v) is 17.2. The van der Waals surface area contributed by atoms with Crippen LogP contribution in [0.3, 0.4) is 0 Å². The molecule has 2 aromatic heterocycles. The molecule has 29 heavy (non-hydrogen) atoms. The number of rotatable bonds is 6. The van der Waals surface area contributed by atoms with Crippen molar-refractivity contribution in [3.05, 3.63) is 56.0 Å². The maximum atomic E-state index is 12.8. The number of hydrogen-bond donors (Lipinski definition) is 0. The van der Waals surface area contributed by atoms with E-state index < -0.39 is 0 Å². The lowest BCUT2D eigenvalue weighted by atomic mass is 10.1. The van der Waals surface area contributed by atoms with Crippen LogP contribution in [0.5, 0.6) is 5.75 Å². The summed E-state index contributed by atoms with van der Waals surface area (Å²) in [5.41, 5.74) is 1.39. The summed E-state index contributed by atoms with van der Waals surface area (Å²) in [5.74, 6) is 0.968. The highest BCUT2D eigenvalue weighted by atomic mass is 16.5. The first kappa shape index (κ1) is 20.3. The summed E-state index contributed by atoms with van der Waals surface area (Å²) in [6.07, 6.45) is 3.59. The molecule has 3 rings (SSSR count). The summed E-state index contributed by atoms with van der Waals surface area (Å²) in [5, 5.41) is 0. The number of methoxy groups -OCH3 is 1. The SMILES string of the molecule is CCn1c(=O)c2c(nc(C=Cc3ccc(C(C)=O)c(OC)c3)n2C)n(CC)c1=O. The fourth-order valence-electron chi connectivity index (χ4n) is 3.37. The molecule has 0 atom stereocenters. The molecule has 0 spiro atoms. The molecule has 0 saturated heterocycles. The van der Waals surface area contributed by atoms with Gasteiger partial charge in [-0.1, -0.05) is 12.1 Å². The number of aromatic nitrogens is 4. The Balaban J connectivity index is 2.14. The molecule has 8 heteroatoms. The summed E-state index contributed by atoms with van der Waals surface area (Å²) in [6, 6.07) is 5.29. The van der Waals surface area contributed by atoms with Crippen LogP contribution in [0, 0.1) is 0 Å². The van der Waals surface area contributed by atoms with Gasteiger partial charge in [0, 0.05) is 20.1 Å². The summed E-state index contributed by atoms with van der Waals surface area (Å²) in [7, 11) is 3.27. The minimum absolute atomic E-state index is 0.0718. The number of aryl methyl sites for hydroxylation is 2. The minimum Gasteiger partial charge on any atom is -0.496 e. The second-order valence-electron chi connectivity index (χ2n) is 6.63. The quantitative estimate of drug-likeness (QED) is 0.597. The molecule has 3 aromatic rings. The van der Waals surface area contributed by atoms with E-state index in [2.05, 4.69) is 4.98 Å². The molecule has 0 unspecified atom stereocenters. The molecular formula is C21H24N4O4. The van der Waals surface area contributed by atoms with Crippen molar-refractivity contribution < 1.29 is 9.53 Å². The third-order valence-electron chi connectivity index (χ3n) is 4.94. The van der Waals surface area contributed by atoms with Crippen LogP contribution < -0.4 is 16.0 Å². The van der Waals surface area contributed by atoms with Gasteiger partial charge in [-0.3, -0.25) is 18.7 Å². The van der Waals surface area contributed by atoms with Crippen molar-refractivity contribution in [2.45, 2.75) is 33.9 Å². The van der Waals surface area contributed by atoms with E-state index in [0.717, 1.165) is 5.56 Å². The highest BCUT2D eigenvalue weighted by molar-refractivity contribution is 5.97. The first-order valence-electron chi connectivity index (χ1n) is 9.41. The molecule has 2 heterocycles. The van der Waals surface area contributed by atoms with Gasteiger partial charge in [0.05, 0.1) is 12.7 Å². The third kappa shape index (κ3) is 3.41. The highest BCUT2D eigenvalue weighted by Gasteiger charge is 2.17. The van der Waals surface area contributed by atoms with E-state index >= 15 is 0 Å². The van der Waals surface area contributed by atoms with Crippen molar-refractivity contribution in [3.63, 3.8) is 0 Å². The van der Waals surface area contributed by atoms with E-state index in [1.165, 1.54) is 23.2 Å². The average molecular weight is 396 g/mol. The first-order valence-corrected chi connectivity index (χ1v) is 9.41. The van der Waals surface area contributed by atoms with E-state index in [1.54, 1.807) is 36.7 Å². The van der Waals surface area contributed by atoms with Crippen molar-refractivity contribution in [2.75, 3.05) is 7.11 Å². The van der Waals surface area contributed by atoms with E-state index in [-0.39, 0.29) is 17.0 Å². The summed E-state index contributed by atoms with van der Waals surface area (Å²) < 4.78 is 9.70. The normalized spacial score (nSPS) is 11.5. The number of nitrogens with zero attached hydrogens (tertiary/aromatic N) is 4. The lowest BCUT2D eigenvalue weighted by molar-refractivity contribution is 0.101. The van der Waals surface area contributed by atoms with Gasteiger partial charge in [-0.2, -0.15) is 0 Å². The van der Waals surface area contributed by atoms with Gasteiger partial charge in [0.1, 0.15) is 11.6 Å². The second kappa shape index (κ2) is 7.90. The van der Waals surface area contributed by atoms with Crippen LogP contribution >= 0.6 is 0 Å². The number of carbonyl (C=O) groups excluding carboxylic acids is 1. The van der Waals surface area contributed by atoms with Crippen LogP contribution in [0.4, 0.5) is 0 Å². The summed E-state index contributed by atoms with van der Waals surface area (Å²) in [6.45, 7) is 5.82. The number of ketones is 1. The first-order chi connectivity index (χ1) is 13.8. The fourth-order valence-corrected chi connectivity index (χ4v) is 3.37. The molecule has 152 valence electrons. The zero-order chi connectivity index (χ0) is 21.3. The highest BCUT2D eigenvalue weighted by Crippen LogP contribution is 2.22. The van der Waals surface area contributed by atoms with Gasteiger partial charge in [-0.15, -0.1) is 0 Å². The van der Waals surface area contributed by atoms with Crippen molar-refractivity contribution in [1.82, 2.24) is 18.7 Å². The molecule has 0 aliphatic carbocycles. The van der Waals surface area contributed by atoms with Gasteiger partial charge in [0.25, 0.3) is 5.56 Å². The molecule has 8 nitrogen and oxygen atoms in total.